The van der Waals surface area contributed by atoms with Crippen LogP contribution in [0.15, 0.2) is 42.5 Å². The zero-order valence-electron chi connectivity index (χ0n) is 8.45. The summed E-state index contributed by atoms with van der Waals surface area (Å²) in [5, 5.41) is 3.44. The Balaban J connectivity index is 2.16. The van der Waals surface area contributed by atoms with Crippen LogP contribution in [0.5, 0.6) is 0 Å². The van der Waals surface area contributed by atoms with E-state index in [4.69, 9.17) is 4.74 Å². The van der Waals surface area contributed by atoms with Crippen LogP contribution >= 0.6 is 15.9 Å². The lowest BCUT2D eigenvalue weighted by Crippen LogP contribution is -1.95. The van der Waals surface area contributed by atoms with Crippen molar-refractivity contribution in [2.45, 2.75) is 6.61 Å². The van der Waals surface area contributed by atoms with Crippen molar-refractivity contribution in [1.82, 2.24) is 0 Å². The highest BCUT2D eigenvalue weighted by Gasteiger charge is 1.95. The Morgan fingerprint density at radius 2 is 1.80 bits per heavy atom. The standard InChI is InChI=1S/C13H13BrO/c14-7-8-15-10-11-5-6-12-3-1-2-4-13(12)9-11/h1-6,9H,7-8,10H2. The van der Waals surface area contributed by atoms with E-state index in [9.17, 15) is 0 Å². The number of alkyl halides is 1. The van der Waals surface area contributed by atoms with Crippen molar-refractivity contribution in [3.05, 3.63) is 48.0 Å². The van der Waals surface area contributed by atoms with E-state index in [2.05, 4.69) is 58.4 Å². The second-order valence-corrected chi connectivity index (χ2v) is 4.22. The lowest BCUT2D eigenvalue weighted by atomic mass is 10.1. The van der Waals surface area contributed by atoms with Gasteiger partial charge < -0.3 is 4.74 Å². The number of benzene rings is 2. The zero-order valence-corrected chi connectivity index (χ0v) is 10.0. The molecule has 2 rings (SSSR count). The Morgan fingerprint density at radius 3 is 2.60 bits per heavy atom. The Bertz CT molecular complexity index is 439. The van der Waals surface area contributed by atoms with Crippen LogP contribution in [0.3, 0.4) is 0 Å². The molecule has 0 saturated carbocycles. The quantitative estimate of drug-likeness (QED) is 0.604. The Kier molecular flexibility index (Phi) is 3.75. The summed E-state index contributed by atoms with van der Waals surface area (Å²) in [7, 11) is 0. The van der Waals surface area contributed by atoms with Gasteiger partial charge in [0.1, 0.15) is 0 Å². The Labute approximate surface area is 98.2 Å². The largest absolute Gasteiger partial charge is 0.376 e. The number of fused-ring (bicyclic) bond motifs is 1. The van der Waals surface area contributed by atoms with Crippen LogP contribution in [0.2, 0.25) is 0 Å². The molecule has 0 bridgehead atoms. The second kappa shape index (κ2) is 5.29. The average molecular weight is 265 g/mol. The van der Waals surface area contributed by atoms with Gasteiger partial charge in [-0.2, -0.15) is 0 Å². The average Bonchev–Trinajstić information content (AvgIpc) is 2.29. The Morgan fingerprint density at radius 1 is 1.00 bits per heavy atom. The molecule has 0 saturated heterocycles. The van der Waals surface area contributed by atoms with Crippen molar-refractivity contribution < 1.29 is 4.74 Å². The predicted octanol–water partition coefficient (Wildman–Crippen LogP) is 3.75. The van der Waals surface area contributed by atoms with Gasteiger partial charge in [0.15, 0.2) is 0 Å². The highest BCUT2D eigenvalue weighted by Crippen LogP contribution is 2.16. The highest BCUT2D eigenvalue weighted by molar-refractivity contribution is 9.09. The summed E-state index contributed by atoms with van der Waals surface area (Å²) >= 11 is 3.34. The van der Waals surface area contributed by atoms with Crippen molar-refractivity contribution in [3.8, 4) is 0 Å². The summed E-state index contributed by atoms with van der Waals surface area (Å²) < 4.78 is 5.47. The first-order chi connectivity index (χ1) is 7.40. The highest BCUT2D eigenvalue weighted by atomic mass is 79.9. The van der Waals surface area contributed by atoms with E-state index in [1.165, 1.54) is 16.3 Å². The molecule has 0 N–H and O–H groups in total. The molecule has 0 aliphatic rings. The SMILES string of the molecule is BrCCOCc1ccc2ccccc2c1. The van der Waals surface area contributed by atoms with E-state index in [-0.39, 0.29) is 0 Å². The summed E-state index contributed by atoms with van der Waals surface area (Å²) in [5.41, 5.74) is 1.23. The number of halogens is 1. The Hall–Kier alpha value is -0.860. The molecule has 0 radical (unpaired) electrons. The molecule has 0 aliphatic carbocycles. The van der Waals surface area contributed by atoms with Gasteiger partial charge in [-0.15, -0.1) is 0 Å². The van der Waals surface area contributed by atoms with Crippen LogP contribution in [0.4, 0.5) is 0 Å². The molecule has 2 aromatic rings. The summed E-state index contributed by atoms with van der Waals surface area (Å²) in [6, 6.07) is 14.8. The molecule has 0 spiro atoms. The minimum absolute atomic E-state index is 0.691. The van der Waals surface area contributed by atoms with E-state index < -0.39 is 0 Å². The molecule has 0 unspecified atom stereocenters. The minimum atomic E-state index is 0.691. The second-order valence-electron chi connectivity index (χ2n) is 3.42. The van der Waals surface area contributed by atoms with Gasteiger partial charge in [-0.05, 0) is 22.4 Å². The molecule has 0 aliphatic heterocycles. The van der Waals surface area contributed by atoms with Crippen molar-refractivity contribution in [1.29, 1.82) is 0 Å². The number of rotatable bonds is 4. The van der Waals surface area contributed by atoms with Gasteiger partial charge >= 0.3 is 0 Å². The number of hydrogen-bond donors (Lipinski definition) is 0. The fourth-order valence-electron chi connectivity index (χ4n) is 1.57. The molecule has 1 nitrogen and oxygen atoms in total. The van der Waals surface area contributed by atoms with Crippen molar-refractivity contribution >= 4 is 26.7 Å². The summed E-state index contributed by atoms with van der Waals surface area (Å²) in [4.78, 5) is 0. The summed E-state index contributed by atoms with van der Waals surface area (Å²) in [6.45, 7) is 1.45. The molecule has 0 heterocycles. The fourth-order valence-corrected chi connectivity index (χ4v) is 1.80. The smallest absolute Gasteiger partial charge is 0.0717 e. The van der Waals surface area contributed by atoms with Crippen LogP contribution in [-0.2, 0) is 11.3 Å². The van der Waals surface area contributed by atoms with Crippen LogP contribution < -0.4 is 0 Å². The van der Waals surface area contributed by atoms with Gasteiger partial charge in [-0.1, -0.05) is 52.3 Å². The van der Waals surface area contributed by atoms with Gasteiger partial charge in [0.25, 0.3) is 0 Å². The third kappa shape index (κ3) is 2.80. The third-order valence-electron chi connectivity index (χ3n) is 2.30. The molecule has 0 atom stereocenters. The van der Waals surface area contributed by atoms with Crippen molar-refractivity contribution in [2.75, 3.05) is 11.9 Å². The van der Waals surface area contributed by atoms with Gasteiger partial charge in [-0.3, -0.25) is 0 Å². The maximum atomic E-state index is 5.47. The lowest BCUT2D eigenvalue weighted by Gasteiger charge is -2.04. The zero-order chi connectivity index (χ0) is 10.5. The van der Waals surface area contributed by atoms with Crippen LogP contribution in [-0.4, -0.2) is 11.9 Å². The van der Waals surface area contributed by atoms with E-state index in [1.807, 2.05) is 0 Å². The normalized spacial score (nSPS) is 10.7. The molecule has 0 aromatic heterocycles. The first kappa shape index (κ1) is 10.7. The first-order valence-electron chi connectivity index (χ1n) is 5.01. The van der Waals surface area contributed by atoms with Crippen LogP contribution in [0.1, 0.15) is 5.56 Å². The summed E-state index contributed by atoms with van der Waals surface area (Å²) in [5.74, 6) is 0. The summed E-state index contributed by atoms with van der Waals surface area (Å²) in [6.07, 6.45) is 0. The maximum absolute atomic E-state index is 5.47. The molecule has 0 amide bonds. The predicted molar refractivity (Wildman–Crippen MR) is 67.4 cm³/mol. The first-order valence-corrected chi connectivity index (χ1v) is 6.14. The molecule has 0 fully saturated rings. The van der Waals surface area contributed by atoms with Gasteiger partial charge in [0.2, 0.25) is 0 Å². The molecule has 2 heteroatoms. The third-order valence-corrected chi connectivity index (χ3v) is 2.63. The van der Waals surface area contributed by atoms with Crippen molar-refractivity contribution in [2.24, 2.45) is 0 Å². The molecule has 2 aromatic carbocycles. The minimum Gasteiger partial charge on any atom is -0.376 e. The molecular formula is C13H13BrO. The van der Waals surface area contributed by atoms with E-state index in [0.717, 1.165) is 11.9 Å². The van der Waals surface area contributed by atoms with E-state index in [0.29, 0.717) is 6.61 Å². The fraction of sp³-hybridized carbons (Fsp3) is 0.231. The van der Waals surface area contributed by atoms with Crippen LogP contribution in [0, 0.1) is 0 Å². The van der Waals surface area contributed by atoms with E-state index >= 15 is 0 Å². The molecule has 78 valence electrons. The van der Waals surface area contributed by atoms with Crippen molar-refractivity contribution in [3.63, 3.8) is 0 Å². The molecule has 15 heavy (non-hydrogen) atoms. The van der Waals surface area contributed by atoms with Gasteiger partial charge in [0.05, 0.1) is 13.2 Å². The van der Waals surface area contributed by atoms with E-state index in [1.54, 1.807) is 0 Å². The molecular weight excluding hydrogens is 252 g/mol. The monoisotopic (exact) mass is 264 g/mol. The van der Waals surface area contributed by atoms with Gasteiger partial charge in [-0.25, -0.2) is 0 Å². The topological polar surface area (TPSA) is 9.23 Å². The lowest BCUT2D eigenvalue weighted by molar-refractivity contribution is 0.137. The maximum Gasteiger partial charge on any atom is 0.0717 e. The number of ether oxygens (including phenoxy) is 1. The van der Waals surface area contributed by atoms with Crippen LogP contribution in [0.25, 0.3) is 10.8 Å². The van der Waals surface area contributed by atoms with Gasteiger partial charge in [0, 0.05) is 5.33 Å². The number of hydrogen-bond acceptors (Lipinski definition) is 1.